The maximum absolute atomic E-state index is 12.0. The lowest BCUT2D eigenvalue weighted by molar-refractivity contribution is 0.158. The van der Waals surface area contributed by atoms with Gasteiger partial charge in [-0.05, 0) is 30.0 Å². The first-order valence-corrected chi connectivity index (χ1v) is 7.20. The van der Waals surface area contributed by atoms with Gasteiger partial charge in [0.25, 0.3) is 0 Å². The smallest absolute Gasteiger partial charge is 0.317 e. The lowest BCUT2D eigenvalue weighted by Gasteiger charge is -2.21. The Morgan fingerprint density at radius 2 is 2.37 bits per heavy atom. The highest BCUT2D eigenvalue weighted by molar-refractivity contribution is 9.10. The zero-order valence-electron chi connectivity index (χ0n) is 11.3. The summed E-state index contributed by atoms with van der Waals surface area (Å²) in [5.41, 5.74) is 2.54. The number of benzene rings is 1. The van der Waals surface area contributed by atoms with Crippen LogP contribution in [0.2, 0.25) is 0 Å². The van der Waals surface area contributed by atoms with Gasteiger partial charge >= 0.3 is 6.03 Å². The highest BCUT2D eigenvalue weighted by atomic mass is 79.9. The van der Waals surface area contributed by atoms with Gasteiger partial charge in [0, 0.05) is 25.2 Å². The second kappa shape index (κ2) is 6.39. The van der Waals surface area contributed by atoms with Crippen molar-refractivity contribution in [3.05, 3.63) is 33.8 Å². The van der Waals surface area contributed by atoms with Gasteiger partial charge in [-0.25, -0.2) is 4.79 Å². The van der Waals surface area contributed by atoms with Gasteiger partial charge in [-0.15, -0.1) is 0 Å². The van der Waals surface area contributed by atoms with Gasteiger partial charge in [0.2, 0.25) is 0 Å². The standard InChI is InChI=1S/C14H19BrN2O2/c1-17(8-9-19-2)14(18)16-13-7-6-10-11(13)4-3-5-12(10)15/h3-5,13H,6-9H2,1-2H3,(H,16,18)/t13-/m1/s1. The Kier molecular flexibility index (Phi) is 4.82. The molecule has 104 valence electrons. The van der Waals surface area contributed by atoms with Crippen LogP contribution in [0.4, 0.5) is 4.79 Å². The summed E-state index contributed by atoms with van der Waals surface area (Å²) >= 11 is 3.56. The average molecular weight is 327 g/mol. The molecule has 0 bridgehead atoms. The molecule has 1 aliphatic rings. The van der Waals surface area contributed by atoms with E-state index in [-0.39, 0.29) is 12.1 Å². The van der Waals surface area contributed by atoms with Gasteiger partial charge in [0.15, 0.2) is 0 Å². The van der Waals surface area contributed by atoms with Crippen LogP contribution in [0, 0.1) is 0 Å². The van der Waals surface area contributed by atoms with Crippen LogP contribution < -0.4 is 5.32 Å². The third-order valence-corrected chi connectivity index (χ3v) is 4.23. The van der Waals surface area contributed by atoms with Crippen molar-refractivity contribution in [2.45, 2.75) is 18.9 Å². The number of carbonyl (C=O) groups is 1. The van der Waals surface area contributed by atoms with Crippen LogP contribution in [-0.2, 0) is 11.2 Å². The number of fused-ring (bicyclic) bond motifs is 1. The van der Waals surface area contributed by atoms with E-state index >= 15 is 0 Å². The molecule has 5 heteroatoms. The number of hydrogen-bond donors (Lipinski definition) is 1. The number of urea groups is 1. The summed E-state index contributed by atoms with van der Waals surface area (Å²) in [6.07, 6.45) is 1.96. The SMILES string of the molecule is COCCN(C)C(=O)N[C@@H]1CCc2c(Br)cccc21. The molecule has 0 heterocycles. The molecule has 1 aromatic carbocycles. The second-order valence-corrected chi connectivity index (χ2v) is 5.62. The fraction of sp³-hybridized carbons (Fsp3) is 0.500. The quantitative estimate of drug-likeness (QED) is 0.924. The van der Waals surface area contributed by atoms with Crippen LogP contribution in [-0.4, -0.2) is 38.2 Å². The summed E-state index contributed by atoms with van der Waals surface area (Å²) in [6, 6.07) is 6.23. The fourth-order valence-electron chi connectivity index (χ4n) is 2.35. The number of nitrogens with zero attached hydrogens (tertiary/aromatic N) is 1. The van der Waals surface area contributed by atoms with E-state index in [2.05, 4.69) is 27.3 Å². The number of nitrogens with one attached hydrogen (secondary N) is 1. The minimum Gasteiger partial charge on any atom is -0.383 e. The monoisotopic (exact) mass is 326 g/mol. The van der Waals surface area contributed by atoms with Crippen LogP contribution in [0.25, 0.3) is 0 Å². The van der Waals surface area contributed by atoms with Crippen LogP contribution in [0.5, 0.6) is 0 Å². The summed E-state index contributed by atoms with van der Waals surface area (Å²) in [7, 11) is 3.42. The van der Waals surface area contributed by atoms with Gasteiger partial charge in [-0.1, -0.05) is 28.1 Å². The molecule has 1 aromatic rings. The molecule has 19 heavy (non-hydrogen) atoms. The molecular weight excluding hydrogens is 308 g/mol. The lowest BCUT2D eigenvalue weighted by Crippen LogP contribution is -2.40. The third kappa shape index (κ3) is 3.28. The van der Waals surface area contributed by atoms with E-state index in [4.69, 9.17) is 4.74 Å². The van der Waals surface area contributed by atoms with Gasteiger partial charge in [0.05, 0.1) is 12.6 Å². The average Bonchev–Trinajstić information content (AvgIpc) is 2.80. The Balaban J connectivity index is 1.99. The van der Waals surface area contributed by atoms with Crippen molar-refractivity contribution >= 4 is 22.0 Å². The van der Waals surface area contributed by atoms with Gasteiger partial charge < -0.3 is 15.0 Å². The number of rotatable bonds is 4. The minimum atomic E-state index is -0.0464. The molecule has 0 aromatic heterocycles. The van der Waals surface area contributed by atoms with Crippen molar-refractivity contribution in [3.8, 4) is 0 Å². The molecule has 2 rings (SSSR count). The Hall–Kier alpha value is -1.07. The maximum atomic E-state index is 12.0. The lowest BCUT2D eigenvalue weighted by atomic mass is 10.1. The number of amides is 2. The molecular formula is C14H19BrN2O2. The van der Waals surface area contributed by atoms with Crippen molar-refractivity contribution < 1.29 is 9.53 Å². The van der Waals surface area contributed by atoms with E-state index in [0.29, 0.717) is 13.2 Å². The van der Waals surface area contributed by atoms with Crippen molar-refractivity contribution in [1.82, 2.24) is 10.2 Å². The summed E-state index contributed by atoms with van der Waals surface area (Å²) in [6.45, 7) is 1.15. The van der Waals surface area contributed by atoms with Crippen molar-refractivity contribution in [2.75, 3.05) is 27.3 Å². The predicted molar refractivity (Wildman–Crippen MR) is 78.2 cm³/mol. The van der Waals surface area contributed by atoms with E-state index < -0.39 is 0 Å². The van der Waals surface area contributed by atoms with Crippen molar-refractivity contribution in [3.63, 3.8) is 0 Å². The third-order valence-electron chi connectivity index (χ3n) is 3.49. The number of halogens is 1. The zero-order chi connectivity index (χ0) is 13.8. The normalized spacial score (nSPS) is 17.1. The van der Waals surface area contributed by atoms with Crippen LogP contribution in [0.15, 0.2) is 22.7 Å². The first kappa shape index (κ1) is 14.3. The highest BCUT2D eigenvalue weighted by Gasteiger charge is 2.26. The molecule has 0 saturated carbocycles. The molecule has 0 radical (unpaired) electrons. The summed E-state index contributed by atoms with van der Waals surface area (Å²) in [5.74, 6) is 0. The van der Waals surface area contributed by atoms with E-state index in [1.165, 1.54) is 11.1 Å². The minimum absolute atomic E-state index is 0.0464. The molecule has 0 fully saturated rings. The molecule has 2 amide bonds. The van der Waals surface area contributed by atoms with Gasteiger partial charge in [-0.3, -0.25) is 0 Å². The molecule has 0 saturated heterocycles. The first-order chi connectivity index (χ1) is 9.13. The number of carbonyl (C=O) groups excluding carboxylic acids is 1. The van der Waals surface area contributed by atoms with Crippen molar-refractivity contribution in [1.29, 1.82) is 0 Å². The molecule has 1 atom stereocenters. The Morgan fingerprint density at radius 1 is 1.58 bits per heavy atom. The largest absolute Gasteiger partial charge is 0.383 e. The van der Waals surface area contributed by atoms with E-state index in [1.54, 1.807) is 19.1 Å². The molecule has 0 aliphatic heterocycles. The second-order valence-electron chi connectivity index (χ2n) is 4.76. The zero-order valence-corrected chi connectivity index (χ0v) is 12.9. The number of ether oxygens (including phenoxy) is 1. The number of hydrogen-bond acceptors (Lipinski definition) is 2. The van der Waals surface area contributed by atoms with Gasteiger partial charge in [-0.2, -0.15) is 0 Å². The van der Waals surface area contributed by atoms with E-state index in [1.807, 2.05) is 12.1 Å². The Bertz CT molecular complexity index is 465. The molecule has 0 unspecified atom stereocenters. The molecule has 4 nitrogen and oxygen atoms in total. The highest BCUT2D eigenvalue weighted by Crippen LogP contribution is 2.35. The summed E-state index contributed by atoms with van der Waals surface area (Å²) in [4.78, 5) is 13.7. The predicted octanol–water partition coefficient (Wildman–Crippen LogP) is 2.72. The number of likely N-dealkylation sites (N-methyl/N-ethyl adjacent to an activating group) is 1. The first-order valence-electron chi connectivity index (χ1n) is 6.41. The molecule has 0 spiro atoms. The molecule has 1 aliphatic carbocycles. The Labute approximate surface area is 122 Å². The topological polar surface area (TPSA) is 41.6 Å². The maximum Gasteiger partial charge on any atom is 0.317 e. The van der Waals surface area contributed by atoms with E-state index in [9.17, 15) is 4.79 Å². The van der Waals surface area contributed by atoms with Crippen LogP contribution in [0.1, 0.15) is 23.6 Å². The van der Waals surface area contributed by atoms with Crippen LogP contribution in [0.3, 0.4) is 0 Å². The van der Waals surface area contributed by atoms with Crippen molar-refractivity contribution in [2.24, 2.45) is 0 Å². The summed E-state index contributed by atoms with van der Waals surface area (Å²) < 4.78 is 6.11. The van der Waals surface area contributed by atoms with Gasteiger partial charge in [0.1, 0.15) is 0 Å². The summed E-state index contributed by atoms with van der Waals surface area (Å²) in [5, 5.41) is 3.08. The van der Waals surface area contributed by atoms with E-state index in [0.717, 1.165) is 17.3 Å². The fourth-order valence-corrected chi connectivity index (χ4v) is 2.93. The van der Waals surface area contributed by atoms with Crippen LogP contribution >= 0.6 is 15.9 Å². The Morgan fingerprint density at radius 3 is 3.11 bits per heavy atom. The number of methoxy groups -OCH3 is 1. The molecule has 1 N–H and O–H groups in total.